The smallest absolute Gasteiger partial charge is 0.385 e. The predicted octanol–water partition coefficient (Wildman–Crippen LogP) is 3.80. The molecule has 2 aromatic rings. The fourth-order valence-electron chi connectivity index (χ4n) is 3.70. The van der Waals surface area contributed by atoms with Crippen molar-refractivity contribution in [1.82, 2.24) is 4.98 Å². The Hall–Kier alpha value is -2.15. The molecule has 0 saturated carbocycles. The number of nitrogens with one attached hydrogen (secondary N) is 1. The molecule has 0 aliphatic carbocycles. The number of aromatic nitrogens is 1. The number of anilines is 1. The summed E-state index contributed by atoms with van der Waals surface area (Å²) in [6, 6.07) is 2.77. The average molecular weight is 479 g/mol. The number of carbonyl (C=O) groups excluding carboxylic acids is 1. The molecule has 0 aromatic carbocycles. The van der Waals surface area contributed by atoms with Crippen LogP contribution in [0, 0.1) is 24.5 Å². The van der Waals surface area contributed by atoms with E-state index in [4.69, 9.17) is 10.5 Å². The molecule has 3 heterocycles. The molecule has 0 bridgehead atoms. The van der Waals surface area contributed by atoms with Gasteiger partial charge in [0.2, 0.25) is 0 Å². The van der Waals surface area contributed by atoms with Crippen LogP contribution in [0.5, 0.6) is 0 Å². The Morgan fingerprint density at radius 1 is 1.38 bits per heavy atom. The third kappa shape index (κ3) is 4.12. The molecular weight excluding hydrogens is 457 g/mol. The molecule has 1 saturated heterocycles. The number of hydrogen-bond acceptors (Lipinski definition) is 6. The van der Waals surface area contributed by atoms with E-state index in [0.717, 1.165) is 6.92 Å². The van der Waals surface area contributed by atoms with E-state index in [-0.39, 0.29) is 27.7 Å². The van der Waals surface area contributed by atoms with Crippen LogP contribution in [0.15, 0.2) is 18.3 Å². The van der Waals surface area contributed by atoms with Crippen molar-refractivity contribution in [3.8, 4) is 0 Å². The number of nitrogens with two attached hydrogens (primary N) is 1. The monoisotopic (exact) mass is 479 g/mol. The molecule has 6 nitrogen and oxygen atoms in total. The number of ether oxygens (including phenoxy) is 1. The van der Waals surface area contributed by atoms with Gasteiger partial charge in [0.05, 0.1) is 22.5 Å². The lowest BCUT2D eigenvalue weighted by Crippen LogP contribution is -2.47. The zero-order valence-electron chi connectivity index (χ0n) is 17.3. The van der Waals surface area contributed by atoms with Gasteiger partial charge in [0.25, 0.3) is 5.91 Å². The zero-order valence-corrected chi connectivity index (χ0v) is 18.2. The maximum Gasteiger partial charge on any atom is 0.417 e. The van der Waals surface area contributed by atoms with E-state index in [1.165, 1.54) is 32.2 Å². The lowest BCUT2D eigenvalue weighted by Gasteiger charge is -2.31. The highest BCUT2D eigenvalue weighted by molar-refractivity contribution is 7.12. The topological polar surface area (TPSA) is 97.5 Å². The number of rotatable bonds is 5. The molecular formula is C20H22F5N3O3S. The van der Waals surface area contributed by atoms with Gasteiger partial charge in [0.15, 0.2) is 17.2 Å². The molecule has 1 aliphatic heterocycles. The van der Waals surface area contributed by atoms with Gasteiger partial charge in [-0.05, 0) is 26.0 Å². The van der Waals surface area contributed by atoms with Crippen molar-refractivity contribution < 1.29 is 36.6 Å². The van der Waals surface area contributed by atoms with Crippen LogP contribution in [-0.4, -0.2) is 40.4 Å². The van der Waals surface area contributed by atoms with Crippen LogP contribution in [0.3, 0.4) is 0 Å². The van der Waals surface area contributed by atoms with Crippen molar-refractivity contribution in [1.29, 1.82) is 0 Å². The number of alkyl halides is 3. The van der Waals surface area contributed by atoms with Crippen molar-refractivity contribution in [2.45, 2.75) is 50.7 Å². The van der Waals surface area contributed by atoms with Crippen LogP contribution in [0.25, 0.3) is 0 Å². The van der Waals surface area contributed by atoms with Gasteiger partial charge < -0.3 is 20.9 Å². The molecule has 1 amide bonds. The highest BCUT2D eigenvalue weighted by atomic mass is 32.1. The van der Waals surface area contributed by atoms with Crippen molar-refractivity contribution in [2.75, 3.05) is 11.9 Å². The standard InChI is InChI=1S/C20H22F5N3O3S/c1-8-13(17-15(22)14(21)9(2)32-17)16(31-19(8,3)20(23,24)25)18(30)28-10-4-5-11(27-7-10)12(29)6-26/h4-5,7-8,12-13,16,29H,6,26H2,1-3H3,(H,28,30)/t8-,12-,13-,16+,19+/m0/s1. The van der Waals surface area contributed by atoms with Gasteiger partial charge in [0.1, 0.15) is 12.2 Å². The maximum absolute atomic E-state index is 14.5. The molecule has 1 fully saturated rings. The van der Waals surface area contributed by atoms with Gasteiger partial charge in [-0.2, -0.15) is 13.2 Å². The predicted molar refractivity (Wildman–Crippen MR) is 107 cm³/mol. The summed E-state index contributed by atoms with van der Waals surface area (Å²) in [5.74, 6) is -6.16. The van der Waals surface area contributed by atoms with Crippen molar-refractivity contribution in [3.05, 3.63) is 45.4 Å². The van der Waals surface area contributed by atoms with Crippen LogP contribution in [0.2, 0.25) is 0 Å². The SMILES string of the molecule is Cc1sc([C@@H]2[C@H](C(=O)Nc3ccc([C@@H](O)CN)nc3)O[C@@](C)(C(F)(F)F)[C@H]2C)c(F)c1F. The van der Waals surface area contributed by atoms with Crippen LogP contribution >= 0.6 is 11.3 Å². The average Bonchev–Trinajstić information content (AvgIpc) is 3.16. The quantitative estimate of drug-likeness (QED) is 0.567. The maximum atomic E-state index is 14.5. The van der Waals surface area contributed by atoms with E-state index < -0.39 is 53.4 Å². The Morgan fingerprint density at radius 3 is 2.50 bits per heavy atom. The summed E-state index contributed by atoms with van der Waals surface area (Å²) < 4.78 is 75.2. The molecule has 3 rings (SSSR count). The summed E-state index contributed by atoms with van der Waals surface area (Å²) in [5.41, 5.74) is 2.95. The minimum absolute atomic E-state index is 0.0391. The lowest BCUT2D eigenvalue weighted by atomic mass is 9.80. The van der Waals surface area contributed by atoms with Gasteiger partial charge in [-0.15, -0.1) is 11.3 Å². The van der Waals surface area contributed by atoms with Crippen LogP contribution in [0.4, 0.5) is 27.6 Å². The minimum Gasteiger partial charge on any atom is -0.385 e. The third-order valence-electron chi connectivity index (χ3n) is 5.83. The number of amides is 1. The van der Waals surface area contributed by atoms with Gasteiger partial charge >= 0.3 is 6.18 Å². The Balaban J connectivity index is 1.95. The van der Waals surface area contributed by atoms with E-state index in [1.807, 2.05) is 0 Å². The number of halogens is 5. The molecule has 0 unspecified atom stereocenters. The molecule has 4 N–H and O–H groups in total. The van der Waals surface area contributed by atoms with E-state index in [1.54, 1.807) is 0 Å². The Labute approximate surface area is 184 Å². The number of nitrogens with zero attached hydrogens (tertiary/aromatic N) is 1. The molecule has 2 aromatic heterocycles. The minimum atomic E-state index is -4.86. The molecule has 12 heteroatoms. The first kappa shape index (κ1) is 24.5. The molecule has 1 aliphatic rings. The Morgan fingerprint density at radius 2 is 2.03 bits per heavy atom. The number of thiophene rings is 1. The first-order valence-corrected chi connectivity index (χ1v) is 10.5. The summed E-state index contributed by atoms with van der Waals surface area (Å²) in [4.78, 5) is 16.5. The van der Waals surface area contributed by atoms with Crippen molar-refractivity contribution in [2.24, 2.45) is 11.7 Å². The number of carbonyl (C=O) groups is 1. The summed E-state index contributed by atoms with van der Waals surface area (Å²) in [7, 11) is 0. The van der Waals surface area contributed by atoms with Crippen LogP contribution < -0.4 is 11.1 Å². The fourth-order valence-corrected chi connectivity index (χ4v) is 4.85. The van der Waals surface area contributed by atoms with Crippen molar-refractivity contribution in [3.63, 3.8) is 0 Å². The van der Waals surface area contributed by atoms with Gasteiger partial charge in [-0.1, -0.05) is 6.92 Å². The first-order valence-electron chi connectivity index (χ1n) is 9.65. The molecule has 0 radical (unpaired) electrons. The van der Waals surface area contributed by atoms with Crippen molar-refractivity contribution >= 4 is 22.9 Å². The van der Waals surface area contributed by atoms with E-state index in [2.05, 4.69) is 10.3 Å². The summed E-state index contributed by atoms with van der Waals surface area (Å²) >= 11 is 0.659. The second kappa shape index (κ2) is 8.65. The van der Waals surface area contributed by atoms with Gasteiger partial charge in [-0.25, -0.2) is 8.78 Å². The van der Waals surface area contributed by atoms with Crippen LogP contribution in [-0.2, 0) is 9.53 Å². The van der Waals surface area contributed by atoms with Gasteiger partial charge in [0, 0.05) is 23.3 Å². The van der Waals surface area contributed by atoms with Gasteiger partial charge in [-0.3, -0.25) is 9.78 Å². The number of pyridine rings is 1. The summed E-state index contributed by atoms with van der Waals surface area (Å²) in [5, 5.41) is 12.1. The van der Waals surface area contributed by atoms with E-state index in [0.29, 0.717) is 11.3 Å². The lowest BCUT2D eigenvalue weighted by molar-refractivity contribution is -0.272. The molecule has 0 spiro atoms. The fraction of sp³-hybridized carbons (Fsp3) is 0.500. The number of aryl methyl sites for hydroxylation is 1. The van der Waals surface area contributed by atoms with E-state index >= 15 is 0 Å². The molecule has 176 valence electrons. The first-order chi connectivity index (χ1) is 14.8. The molecule has 32 heavy (non-hydrogen) atoms. The Kier molecular flexibility index (Phi) is 6.62. The number of aliphatic hydroxyl groups is 1. The summed E-state index contributed by atoms with van der Waals surface area (Å²) in [6.07, 6.45) is -6.42. The van der Waals surface area contributed by atoms with Crippen LogP contribution in [0.1, 0.15) is 41.3 Å². The molecule has 5 atom stereocenters. The Bertz CT molecular complexity index is 998. The zero-order chi connectivity index (χ0) is 24.0. The second-order valence-corrected chi connectivity index (χ2v) is 9.08. The number of aliphatic hydroxyl groups excluding tert-OH is 1. The number of hydrogen-bond donors (Lipinski definition) is 3. The second-order valence-electron chi connectivity index (χ2n) is 7.82. The highest BCUT2D eigenvalue weighted by Gasteiger charge is 2.66. The summed E-state index contributed by atoms with van der Waals surface area (Å²) in [6.45, 7) is 3.21. The highest BCUT2D eigenvalue weighted by Crippen LogP contribution is 2.55. The third-order valence-corrected chi connectivity index (χ3v) is 6.99. The normalized spacial score (nSPS) is 26.9. The van der Waals surface area contributed by atoms with E-state index in [9.17, 15) is 31.9 Å². The largest absolute Gasteiger partial charge is 0.417 e.